The van der Waals surface area contributed by atoms with E-state index >= 15 is 0 Å². The normalized spacial score (nSPS) is 11.3. The van der Waals surface area contributed by atoms with Crippen LogP contribution in [0.3, 0.4) is 0 Å². The number of aryl methyl sites for hydroxylation is 1. The lowest BCUT2D eigenvalue weighted by Gasteiger charge is -2.08. The Labute approximate surface area is 227 Å². The van der Waals surface area contributed by atoms with Crippen molar-refractivity contribution in [1.29, 1.82) is 0 Å². The van der Waals surface area contributed by atoms with E-state index in [0.29, 0.717) is 12.4 Å². The van der Waals surface area contributed by atoms with Crippen LogP contribution in [0.5, 0.6) is 5.75 Å². The Morgan fingerprint density at radius 3 is 1.89 bits per heavy atom. The molecular formula is C32H45FOS2. The highest BCUT2D eigenvalue weighted by molar-refractivity contribution is 7.23. The molecule has 0 unspecified atom stereocenters. The van der Waals surface area contributed by atoms with Gasteiger partial charge >= 0.3 is 0 Å². The van der Waals surface area contributed by atoms with Gasteiger partial charge in [-0.05, 0) is 67.3 Å². The highest BCUT2D eigenvalue weighted by atomic mass is 32.1. The first-order chi connectivity index (χ1) is 17.7. The first kappa shape index (κ1) is 28.9. The zero-order chi connectivity index (χ0) is 25.4. The summed E-state index contributed by atoms with van der Waals surface area (Å²) >= 11 is 3.63. The number of ether oxygens (including phenoxy) is 1. The number of halogens is 1. The molecule has 0 aliphatic rings. The Hall–Kier alpha value is -1.65. The van der Waals surface area contributed by atoms with Crippen LogP contribution in [0.25, 0.3) is 20.2 Å². The predicted molar refractivity (Wildman–Crippen MR) is 158 cm³/mol. The molecule has 4 heteroatoms. The molecule has 3 aromatic rings. The molecule has 0 aliphatic carbocycles. The topological polar surface area (TPSA) is 9.23 Å². The van der Waals surface area contributed by atoms with Crippen LogP contribution in [0.4, 0.5) is 4.39 Å². The third kappa shape index (κ3) is 10.0. The van der Waals surface area contributed by atoms with Crippen molar-refractivity contribution in [3.8, 4) is 25.9 Å². The Morgan fingerprint density at radius 1 is 0.611 bits per heavy atom. The van der Waals surface area contributed by atoms with Gasteiger partial charge < -0.3 is 4.74 Å². The zero-order valence-corrected chi connectivity index (χ0v) is 24.1. The van der Waals surface area contributed by atoms with E-state index in [4.69, 9.17) is 4.74 Å². The van der Waals surface area contributed by atoms with Crippen molar-refractivity contribution in [2.24, 2.45) is 0 Å². The van der Waals surface area contributed by atoms with Crippen molar-refractivity contribution in [2.75, 3.05) is 6.61 Å². The molecule has 1 aromatic carbocycles. The van der Waals surface area contributed by atoms with Crippen LogP contribution < -0.4 is 4.74 Å². The average molecular weight is 529 g/mol. The van der Waals surface area contributed by atoms with E-state index in [1.165, 1.54) is 98.1 Å². The van der Waals surface area contributed by atoms with Crippen molar-refractivity contribution < 1.29 is 9.13 Å². The van der Waals surface area contributed by atoms with E-state index in [-0.39, 0.29) is 5.82 Å². The largest absolute Gasteiger partial charge is 0.491 e. The molecule has 0 radical (unpaired) electrons. The Morgan fingerprint density at radius 2 is 1.19 bits per heavy atom. The van der Waals surface area contributed by atoms with Gasteiger partial charge in [-0.15, -0.1) is 22.7 Å². The SMILES string of the molecule is CCCCCCCCCCCCOc1ccc(-c2ccc(-c3ccc(CCCCCC)s3)s2)cc1F. The minimum Gasteiger partial charge on any atom is -0.491 e. The first-order valence-electron chi connectivity index (χ1n) is 14.3. The Balaban J connectivity index is 1.39. The zero-order valence-electron chi connectivity index (χ0n) is 22.5. The molecule has 36 heavy (non-hydrogen) atoms. The van der Waals surface area contributed by atoms with Gasteiger partial charge in [-0.2, -0.15) is 0 Å². The van der Waals surface area contributed by atoms with Crippen molar-refractivity contribution in [1.82, 2.24) is 0 Å². The summed E-state index contributed by atoms with van der Waals surface area (Å²) in [4.78, 5) is 5.14. The summed E-state index contributed by atoms with van der Waals surface area (Å²) in [6.45, 7) is 5.11. The fourth-order valence-electron chi connectivity index (χ4n) is 4.54. The fraction of sp³-hybridized carbons (Fsp3) is 0.562. The maximum absolute atomic E-state index is 14.7. The van der Waals surface area contributed by atoms with E-state index in [0.717, 1.165) is 23.3 Å². The minimum atomic E-state index is -0.264. The summed E-state index contributed by atoms with van der Waals surface area (Å²) in [5.74, 6) is 0.109. The van der Waals surface area contributed by atoms with Gasteiger partial charge in [0.25, 0.3) is 0 Å². The van der Waals surface area contributed by atoms with Gasteiger partial charge in [-0.3, -0.25) is 0 Å². The van der Waals surface area contributed by atoms with Gasteiger partial charge in [0.1, 0.15) is 0 Å². The van der Waals surface area contributed by atoms with Crippen molar-refractivity contribution >= 4 is 22.7 Å². The molecule has 0 saturated heterocycles. The Bertz CT molecular complexity index is 990. The predicted octanol–water partition coefficient (Wildman–Crippen LogP) is 11.7. The molecule has 0 bridgehead atoms. The molecule has 0 N–H and O–H groups in total. The van der Waals surface area contributed by atoms with Crippen molar-refractivity contribution in [2.45, 2.75) is 110 Å². The molecule has 1 nitrogen and oxygen atoms in total. The van der Waals surface area contributed by atoms with Crippen LogP contribution >= 0.6 is 22.7 Å². The van der Waals surface area contributed by atoms with Gasteiger partial charge in [0.15, 0.2) is 11.6 Å². The van der Waals surface area contributed by atoms with Gasteiger partial charge in [0, 0.05) is 19.5 Å². The number of thiophene rings is 2. The highest BCUT2D eigenvalue weighted by Gasteiger charge is 2.11. The second-order valence-corrected chi connectivity index (χ2v) is 12.2. The second kappa shape index (κ2) is 17.0. The molecule has 2 aromatic heterocycles. The highest BCUT2D eigenvalue weighted by Crippen LogP contribution is 2.39. The number of hydrogen-bond acceptors (Lipinski definition) is 3. The number of unbranched alkanes of at least 4 members (excludes halogenated alkanes) is 12. The summed E-state index contributed by atoms with van der Waals surface area (Å²) in [5, 5.41) is 0. The minimum absolute atomic E-state index is 0.264. The maximum atomic E-state index is 14.7. The van der Waals surface area contributed by atoms with Crippen LogP contribution in [0, 0.1) is 5.82 Å². The van der Waals surface area contributed by atoms with Gasteiger partial charge in [-0.1, -0.05) is 90.9 Å². The number of hydrogen-bond donors (Lipinski definition) is 0. The van der Waals surface area contributed by atoms with E-state index in [2.05, 4.69) is 38.1 Å². The number of rotatable bonds is 19. The molecule has 3 rings (SSSR count). The fourth-order valence-corrected chi connectivity index (χ4v) is 6.68. The summed E-state index contributed by atoms with van der Waals surface area (Å²) in [7, 11) is 0. The summed E-state index contributed by atoms with van der Waals surface area (Å²) in [6.07, 6.45) is 19.3. The standard InChI is InChI=1S/C32H45FOS2/c1-3-5-7-9-10-11-12-13-14-16-24-34-29-20-18-26(25-28(29)33)30-22-23-32(36-30)31-21-19-27(35-31)17-15-8-6-4-2/h18-23,25H,3-17,24H2,1-2H3. The molecule has 0 atom stereocenters. The first-order valence-corrected chi connectivity index (χ1v) is 16.0. The van der Waals surface area contributed by atoms with Gasteiger partial charge in [-0.25, -0.2) is 4.39 Å². The van der Waals surface area contributed by atoms with E-state index in [1.54, 1.807) is 23.5 Å². The van der Waals surface area contributed by atoms with Crippen LogP contribution in [0.2, 0.25) is 0 Å². The molecule has 0 fully saturated rings. The maximum Gasteiger partial charge on any atom is 0.165 e. The smallest absolute Gasteiger partial charge is 0.165 e. The quantitative estimate of drug-likeness (QED) is 0.141. The molecule has 198 valence electrons. The Kier molecular flexibility index (Phi) is 13.6. The van der Waals surface area contributed by atoms with Crippen LogP contribution in [-0.4, -0.2) is 6.61 Å². The average Bonchev–Trinajstić information content (AvgIpc) is 3.56. The van der Waals surface area contributed by atoms with Crippen LogP contribution in [0.1, 0.15) is 109 Å². The molecule has 0 saturated carbocycles. The molecule has 0 aliphatic heterocycles. The van der Waals surface area contributed by atoms with Crippen molar-refractivity contribution in [3.63, 3.8) is 0 Å². The summed E-state index contributed by atoms with van der Waals surface area (Å²) in [6, 6.07) is 14.2. The lowest BCUT2D eigenvalue weighted by Crippen LogP contribution is -1.99. The monoisotopic (exact) mass is 528 g/mol. The third-order valence-corrected chi connectivity index (χ3v) is 9.23. The van der Waals surface area contributed by atoms with E-state index in [9.17, 15) is 4.39 Å². The van der Waals surface area contributed by atoms with Crippen LogP contribution in [-0.2, 0) is 6.42 Å². The summed E-state index contributed by atoms with van der Waals surface area (Å²) in [5.41, 5.74) is 0.923. The molecule has 0 amide bonds. The molecule has 0 spiro atoms. The lowest BCUT2D eigenvalue weighted by molar-refractivity contribution is 0.290. The molecule has 2 heterocycles. The second-order valence-electron chi connectivity index (χ2n) is 9.92. The lowest BCUT2D eigenvalue weighted by atomic mass is 10.1. The van der Waals surface area contributed by atoms with Gasteiger partial charge in [0.2, 0.25) is 0 Å². The molecular weight excluding hydrogens is 483 g/mol. The van der Waals surface area contributed by atoms with Crippen molar-refractivity contribution in [3.05, 3.63) is 53.2 Å². The van der Waals surface area contributed by atoms with Gasteiger partial charge in [0.05, 0.1) is 6.61 Å². The third-order valence-electron chi connectivity index (χ3n) is 6.76. The number of benzene rings is 1. The van der Waals surface area contributed by atoms with Crippen LogP contribution in [0.15, 0.2) is 42.5 Å². The van der Waals surface area contributed by atoms with E-state index < -0.39 is 0 Å². The van der Waals surface area contributed by atoms with E-state index in [1.807, 2.05) is 17.4 Å². The summed E-state index contributed by atoms with van der Waals surface area (Å²) < 4.78 is 20.5.